The number of carbonyl (C=O) groups excluding carboxylic acids is 1. The van der Waals surface area contributed by atoms with E-state index in [9.17, 15) is 9.59 Å². The number of carboxylic acids is 1. The normalized spacial score (nSPS) is 15.5. The zero-order valence-electron chi connectivity index (χ0n) is 12.4. The summed E-state index contributed by atoms with van der Waals surface area (Å²) in [6.45, 7) is -0.320. The third-order valence-corrected chi connectivity index (χ3v) is 4.02. The van der Waals surface area contributed by atoms with Crippen LogP contribution in [0.5, 0.6) is 0 Å². The van der Waals surface area contributed by atoms with Crippen molar-refractivity contribution in [1.82, 2.24) is 4.90 Å². The number of nitrogens with zero attached hydrogens (tertiary/aromatic N) is 2. The minimum absolute atomic E-state index is 0.214. The minimum Gasteiger partial charge on any atom is -0.480 e. The van der Waals surface area contributed by atoms with Crippen LogP contribution in [-0.4, -0.2) is 41.6 Å². The SMILES string of the molecule is CN(C(=O)N(CC(=O)O)c1ccccc1)C1CCCCC1. The van der Waals surface area contributed by atoms with Gasteiger partial charge in [-0.25, -0.2) is 4.79 Å². The number of carboxylic acid groups (broad SMARTS) is 1. The largest absolute Gasteiger partial charge is 0.480 e. The number of amides is 2. The summed E-state index contributed by atoms with van der Waals surface area (Å²) < 4.78 is 0. The third kappa shape index (κ3) is 3.97. The molecular formula is C16H22N2O3. The van der Waals surface area contributed by atoms with E-state index >= 15 is 0 Å². The first-order valence-corrected chi connectivity index (χ1v) is 7.41. The molecule has 0 saturated heterocycles. The molecule has 5 nitrogen and oxygen atoms in total. The fourth-order valence-electron chi connectivity index (χ4n) is 2.83. The number of benzene rings is 1. The molecule has 1 fully saturated rings. The number of hydrogen-bond donors (Lipinski definition) is 1. The second kappa shape index (κ2) is 7.11. The van der Waals surface area contributed by atoms with Crippen LogP contribution in [0.25, 0.3) is 0 Å². The van der Waals surface area contributed by atoms with E-state index < -0.39 is 5.97 Å². The molecule has 0 heterocycles. The molecule has 0 aromatic heterocycles. The average molecular weight is 290 g/mol. The zero-order chi connectivity index (χ0) is 15.2. The van der Waals surface area contributed by atoms with Crippen LogP contribution in [0.1, 0.15) is 32.1 Å². The Morgan fingerprint density at radius 3 is 2.33 bits per heavy atom. The van der Waals surface area contributed by atoms with Crippen molar-refractivity contribution in [2.24, 2.45) is 0 Å². The van der Waals surface area contributed by atoms with Gasteiger partial charge in [0.2, 0.25) is 0 Å². The van der Waals surface area contributed by atoms with E-state index in [0.29, 0.717) is 5.69 Å². The zero-order valence-corrected chi connectivity index (χ0v) is 12.4. The molecule has 0 spiro atoms. The lowest BCUT2D eigenvalue weighted by Crippen LogP contribution is -2.48. The van der Waals surface area contributed by atoms with E-state index in [2.05, 4.69) is 0 Å². The van der Waals surface area contributed by atoms with Gasteiger partial charge >= 0.3 is 12.0 Å². The molecule has 1 aliphatic carbocycles. The van der Waals surface area contributed by atoms with E-state index in [0.717, 1.165) is 25.7 Å². The Kier molecular flexibility index (Phi) is 5.20. The Hall–Kier alpha value is -2.04. The molecule has 1 N–H and O–H groups in total. The molecular weight excluding hydrogens is 268 g/mol. The quantitative estimate of drug-likeness (QED) is 0.927. The minimum atomic E-state index is -1.01. The highest BCUT2D eigenvalue weighted by Gasteiger charge is 2.27. The van der Waals surface area contributed by atoms with Crippen LogP contribution in [0.3, 0.4) is 0 Å². The first-order chi connectivity index (χ1) is 10.1. The van der Waals surface area contributed by atoms with Gasteiger partial charge in [0.1, 0.15) is 6.54 Å². The molecule has 0 atom stereocenters. The number of rotatable bonds is 4. The molecule has 1 aromatic rings. The molecule has 21 heavy (non-hydrogen) atoms. The number of anilines is 1. The van der Waals surface area contributed by atoms with Crippen LogP contribution in [0.2, 0.25) is 0 Å². The third-order valence-electron chi connectivity index (χ3n) is 4.02. The van der Waals surface area contributed by atoms with Crippen LogP contribution >= 0.6 is 0 Å². The topological polar surface area (TPSA) is 60.9 Å². The summed E-state index contributed by atoms with van der Waals surface area (Å²) >= 11 is 0. The van der Waals surface area contributed by atoms with E-state index in [1.165, 1.54) is 11.3 Å². The Balaban J connectivity index is 2.15. The Morgan fingerprint density at radius 1 is 1.14 bits per heavy atom. The van der Waals surface area contributed by atoms with Gasteiger partial charge < -0.3 is 10.0 Å². The number of para-hydroxylation sites is 1. The van der Waals surface area contributed by atoms with Gasteiger partial charge in [-0.3, -0.25) is 9.69 Å². The Bertz CT molecular complexity index is 484. The van der Waals surface area contributed by atoms with Crippen LogP contribution < -0.4 is 4.90 Å². The van der Waals surface area contributed by atoms with Crippen molar-refractivity contribution in [2.45, 2.75) is 38.1 Å². The number of hydrogen-bond acceptors (Lipinski definition) is 2. The molecule has 114 valence electrons. The van der Waals surface area contributed by atoms with Gasteiger partial charge in [-0.1, -0.05) is 37.5 Å². The molecule has 2 amide bonds. The number of carbonyl (C=O) groups is 2. The summed E-state index contributed by atoms with van der Waals surface area (Å²) in [7, 11) is 1.77. The van der Waals surface area contributed by atoms with Crippen LogP contribution in [0, 0.1) is 0 Å². The molecule has 1 aromatic carbocycles. The van der Waals surface area contributed by atoms with Crippen molar-refractivity contribution in [1.29, 1.82) is 0 Å². The highest BCUT2D eigenvalue weighted by atomic mass is 16.4. The molecule has 0 bridgehead atoms. The molecule has 0 unspecified atom stereocenters. The smallest absolute Gasteiger partial charge is 0.325 e. The van der Waals surface area contributed by atoms with Crippen molar-refractivity contribution < 1.29 is 14.7 Å². The second-order valence-electron chi connectivity index (χ2n) is 5.50. The van der Waals surface area contributed by atoms with Gasteiger partial charge in [-0.15, -0.1) is 0 Å². The highest BCUT2D eigenvalue weighted by Crippen LogP contribution is 2.24. The van der Waals surface area contributed by atoms with Gasteiger partial charge in [-0.05, 0) is 25.0 Å². The first-order valence-electron chi connectivity index (χ1n) is 7.41. The van der Waals surface area contributed by atoms with Crippen molar-refractivity contribution >= 4 is 17.7 Å². The Labute approximate surface area is 125 Å². The standard InChI is InChI=1S/C16H22N2O3/c1-17(13-8-4-2-5-9-13)16(21)18(12-15(19)20)14-10-6-3-7-11-14/h3,6-7,10-11,13H,2,4-5,8-9,12H2,1H3,(H,19,20). The summed E-state index contributed by atoms with van der Waals surface area (Å²) in [6.07, 6.45) is 5.48. The monoisotopic (exact) mass is 290 g/mol. The summed E-state index contributed by atoms with van der Waals surface area (Å²) in [6, 6.07) is 8.95. The fraction of sp³-hybridized carbons (Fsp3) is 0.500. The van der Waals surface area contributed by atoms with Crippen molar-refractivity contribution in [2.75, 3.05) is 18.5 Å². The van der Waals surface area contributed by atoms with Crippen LogP contribution in [0.4, 0.5) is 10.5 Å². The van der Waals surface area contributed by atoms with E-state index in [1.54, 1.807) is 36.2 Å². The molecule has 1 aliphatic rings. The highest BCUT2D eigenvalue weighted by molar-refractivity contribution is 5.96. The van der Waals surface area contributed by atoms with Crippen LogP contribution in [-0.2, 0) is 4.79 Å². The maximum absolute atomic E-state index is 12.7. The lowest BCUT2D eigenvalue weighted by Gasteiger charge is -2.35. The van der Waals surface area contributed by atoms with E-state index in [4.69, 9.17) is 5.11 Å². The van der Waals surface area contributed by atoms with Gasteiger partial charge in [0, 0.05) is 18.8 Å². The first kappa shape index (κ1) is 15.4. The lowest BCUT2D eigenvalue weighted by molar-refractivity contribution is -0.135. The second-order valence-corrected chi connectivity index (χ2v) is 5.50. The number of urea groups is 1. The van der Waals surface area contributed by atoms with Gasteiger partial charge in [-0.2, -0.15) is 0 Å². The van der Waals surface area contributed by atoms with E-state index in [-0.39, 0.29) is 18.6 Å². The Morgan fingerprint density at radius 2 is 1.76 bits per heavy atom. The van der Waals surface area contributed by atoms with Crippen molar-refractivity contribution in [3.05, 3.63) is 30.3 Å². The summed E-state index contributed by atoms with van der Waals surface area (Å²) in [5.74, 6) is -1.01. The fourth-order valence-corrected chi connectivity index (χ4v) is 2.83. The van der Waals surface area contributed by atoms with Crippen LogP contribution in [0.15, 0.2) is 30.3 Å². The predicted molar refractivity (Wildman–Crippen MR) is 81.5 cm³/mol. The molecule has 5 heteroatoms. The maximum Gasteiger partial charge on any atom is 0.325 e. The van der Waals surface area contributed by atoms with E-state index in [1.807, 2.05) is 6.07 Å². The average Bonchev–Trinajstić information content (AvgIpc) is 2.53. The van der Waals surface area contributed by atoms with Crippen molar-refractivity contribution in [3.63, 3.8) is 0 Å². The molecule has 0 aliphatic heterocycles. The van der Waals surface area contributed by atoms with Gasteiger partial charge in [0.05, 0.1) is 0 Å². The lowest BCUT2D eigenvalue weighted by atomic mass is 9.95. The maximum atomic E-state index is 12.7. The summed E-state index contributed by atoms with van der Waals surface area (Å²) in [5, 5.41) is 9.07. The molecule has 1 saturated carbocycles. The summed E-state index contributed by atoms with van der Waals surface area (Å²) in [4.78, 5) is 26.8. The molecule has 0 radical (unpaired) electrons. The predicted octanol–water partition coefficient (Wildman–Crippen LogP) is 2.96. The summed E-state index contributed by atoms with van der Waals surface area (Å²) in [5.41, 5.74) is 0.618. The van der Waals surface area contributed by atoms with Gasteiger partial charge in [0.15, 0.2) is 0 Å². The van der Waals surface area contributed by atoms with Crippen molar-refractivity contribution in [3.8, 4) is 0 Å². The molecule has 2 rings (SSSR count). The number of aliphatic carboxylic acids is 1. The van der Waals surface area contributed by atoms with Gasteiger partial charge in [0.25, 0.3) is 0 Å².